The molecule has 0 atom stereocenters. The third-order valence-corrected chi connectivity index (χ3v) is 8.76. The zero-order chi connectivity index (χ0) is 30.6. The molecule has 46 heavy (non-hydrogen) atoms. The number of rotatable bonds is 4. The van der Waals surface area contributed by atoms with Gasteiger partial charge in [-0.2, -0.15) is 5.26 Å². The molecular weight excluding hydrogens is 562 g/mol. The first kappa shape index (κ1) is 25.9. The fraction of sp³-hybridized carbons (Fsp3) is 0. The van der Waals surface area contributed by atoms with Gasteiger partial charge in [-0.3, -0.25) is 9.13 Å². The molecule has 3 aromatic heterocycles. The van der Waals surface area contributed by atoms with Gasteiger partial charge in [0.05, 0.1) is 45.1 Å². The maximum atomic E-state index is 9.78. The van der Waals surface area contributed by atoms with Gasteiger partial charge in [-0.15, -0.1) is 0 Å². The van der Waals surface area contributed by atoms with E-state index in [1.807, 2.05) is 66.7 Å². The van der Waals surface area contributed by atoms with Gasteiger partial charge in [-0.25, -0.2) is 9.97 Å². The van der Waals surface area contributed by atoms with Crippen molar-refractivity contribution in [3.63, 3.8) is 0 Å². The van der Waals surface area contributed by atoms with E-state index in [1.54, 1.807) is 0 Å². The van der Waals surface area contributed by atoms with Gasteiger partial charge in [0.2, 0.25) is 0 Å². The highest BCUT2D eigenvalue weighted by Gasteiger charge is 2.25. The molecule has 6 aromatic carbocycles. The molecule has 0 radical (unpaired) electrons. The second-order valence-corrected chi connectivity index (χ2v) is 11.4. The van der Waals surface area contributed by atoms with Crippen molar-refractivity contribution in [2.45, 2.75) is 0 Å². The Kier molecular flexibility index (Phi) is 5.81. The number of aromatic nitrogens is 4. The van der Waals surface area contributed by atoms with Crippen LogP contribution in [-0.4, -0.2) is 19.1 Å². The van der Waals surface area contributed by atoms with Gasteiger partial charge < -0.3 is 0 Å². The van der Waals surface area contributed by atoms with E-state index in [0.29, 0.717) is 11.4 Å². The number of benzene rings is 6. The zero-order valence-electron chi connectivity index (χ0n) is 24.7. The van der Waals surface area contributed by atoms with Crippen LogP contribution in [0.25, 0.3) is 77.8 Å². The molecule has 9 rings (SSSR count). The predicted octanol–water partition coefficient (Wildman–Crippen LogP) is 9.88. The van der Waals surface area contributed by atoms with Gasteiger partial charge in [0.25, 0.3) is 0 Å². The highest BCUT2D eigenvalue weighted by atomic mass is 15.2. The largest absolute Gasteiger partial charge is 0.291 e. The van der Waals surface area contributed by atoms with Gasteiger partial charge in [-0.05, 0) is 36.4 Å². The van der Waals surface area contributed by atoms with E-state index < -0.39 is 0 Å². The molecule has 0 aliphatic rings. The average Bonchev–Trinajstić information content (AvgIpc) is 3.64. The van der Waals surface area contributed by atoms with Crippen LogP contribution in [0.3, 0.4) is 0 Å². The quantitative estimate of drug-likeness (QED) is 0.206. The van der Waals surface area contributed by atoms with Gasteiger partial charge in [-0.1, -0.05) is 115 Å². The van der Waals surface area contributed by atoms with E-state index in [0.717, 1.165) is 71.9 Å². The van der Waals surface area contributed by atoms with Crippen LogP contribution in [-0.2, 0) is 0 Å². The van der Waals surface area contributed by atoms with Crippen molar-refractivity contribution in [2.75, 3.05) is 0 Å². The fourth-order valence-electron chi connectivity index (χ4n) is 6.73. The number of hydrogen-bond acceptors (Lipinski definition) is 3. The minimum atomic E-state index is 0.619. The fourth-order valence-corrected chi connectivity index (χ4v) is 6.73. The Balaban J connectivity index is 1.50. The summed E-state index contributed by atoms with van der Waals surface area (Å²) in [6.45, 7) is 0. The molecule has 0 aliphatic heterocycles. The Labute approximate surface area is 264 Å². The Hall–Kier alpha value is -6.51. The molecule has 0 spiro atoms. The number of hydrogen-bond donors (Lipinski definition) is 0. The summed E-state index contributed by atoms with van der Waals surface area (Å²) in [5.41, 5.74) is 8.26. The van der Waals surface area contributed by atoms with E-state index in [4.69, 9.17) is 9.97 Å². The minimum Gasteiger partial charge on any atom is -0.291 e. The molecule has 0 bridgehead atoms. The molecule has 0 amide bonds. The van der Waals surface area contributed by atoms with Gasteiger partial charge >= 0.3 is 0 Å². The molecule has 0 N–H and O–H groups in total. The second kappa shape index (κ2) is 10.3. The summed E-state index contributed by atoms with van der Waals surface area (Å²) in [6, 6.07) is 54.0. The van der Waals surface area contributed by atoms with Crippen molar-refractivity contribution in [1.29, 1.82) is 5.26 Å². The predicted molar refractivity (Wildman–Crippen MR) is 186 cm³/mol. The first-order valence-electron chi connectivity index (χ1n) is 15.3. The average molecular weight is 588 g/mol. The highest BCUT2D eigenvalue weighted by molar-refractivity contribution is 6.11. The lowest BCUT2D eigenvalue weighted by Gasteiger charge is -2.19. The van der Waals surface area contributed by atoms with Crippen molar-refractivity contribution in [3.05, 3.63) is 157 Å². The maximum absolute atomic E-state index is 9.78. The second-order valence-electron chi connectivity index (χ2n) is 11.4. The van der Waals surface area contributed by atoms with Gasteiger partial charge in [0.15, 0.2) is 11.6 Å². The molecule has 5 nitrogen and oxygen atoms in total. The summed E-state index contributed by atoms with van der Waals surface area (Å²) >= 11 is 0. The van der Waals surface area contributed by atoms with Gasteiger partial charge in [0.1, 0.15) is 0 Å². The summed E-state index contributed by atoms with van der Waals surface area (Å²) in [5.74, 6) is 1.43. The SMILES string of the molecule is N#Cc1ccc2c(c1)c1ccccc1n2-c1nc(-c2ccccc2)c(-c2ccccc2)nc1-n1c2ccccc2c2ccccc21. The van der Waals surface area contributed by atoms with Crippen molar-refractivity contribution in [2.24, 2.45) is 0 Å². The zero-order valence-corrected chi connectivity index (χ0v) is 24.7. The van der Waals surface area contributed by atoms with Crippen molar-refractivity contribution in [3.8, 4) is 40.2 Å². The smallest absolute Gasteiger partial charge is 0.182 e. The summed E-state index contributed by atoms with van der Waals surface area (Å²) < 4.78 is 4.46. The number of para-hydroxylation sites is 3. The van der Waals surface area contributed by atoms with Crippen molar-refractivity contribution < 1.29 is 0 Å². The Bertz CT molecular complexity index is 2590. The van der Waals surface area contributed by atoms with Crippen LogP contribution < -0.4 is 0 Å². The molecule has 214 valence electrons. The Morgan fingerprint density at radius 2 is 0.804 bits per heavy atom. The first-order valence-corrected chi connectivity index (χ1v) is 15.3. The van der Waals surface area contributed by atoms with Crippen LogP contribution >= 0.6 is 0 Å². The molecule has 0 saturated carbocycles. The van der Waals surface area contributed by atoms with Crippen molar-refractivity contribution in [1.82, 2.24) is 19.1 Å². The van der Waals surface area contributed by atoms with E-state index in [2.05, 4.69) is 100 Å². The number of fused-ring (bicyclic) bond motifs is 6. The van der Waals surface area contributed by atoms with Crippen molar-refractivity contribution >= 4 is 43.6 Å². The van der Waals surface area contributed by atoms with E-state index in [-0.39, 0.29) is 0 Å². The standard InChI is InChI=1S/C41H25N5/c42-26-27-23-24-37-33(25-27)32-19-9-12-22-36(32)46(37)41-40(45-34-20-10-7-17-30(34)31-18-8-11-21-35(31)45)43-38(28-13-3-1-4-14-28)39(44-41)29-15-5-2-6-16-29/h1-25H. The van der Waals surface area contributed by atoms with Crippen LogP contribution in [0.5, 0.6) is 0 Å². The summed E-state index contributed by atoms with van der Waals surface area (Å²) in [7, 11) is 0. The van der Waals surface area contributed by atoms with Crippen LogP contribution in [0.1, 0.15) is 5.56 Å². The first-order chi connectivity index (χ1) is 22.8. The van der Waals surface area contributed by atoms with Crippen LogP contribution in [0.15, 0.2) is 152 Å². The van der Waals surface area contributed by atoms with E-state index in [1.165, 1.54) is 0 Å². The molecule has 9 aromatic rings. The highest BCUT2D eigenvalue weighted by Crippen LogP contribution is 2.40. The van der Waals surface area contributed by atoms with E-state index in [9.17, 15) is 5.26 Å². The third kappa shape index (κ3) is 3.88. The minimum absolute atomic E-state index is 0.619. The van der Waals surface area contributed by atoms with Crippen LogP contribution in [0.4, 0.5) is 0 Å². The topological polar surface area (TPSA) is 59.4 Å². The Morgan fingerprint density at radius 3 is 1.26 bits per heavy atom. The molecule has 0 fully saturated rings. The normalized spacial score (nSPS) is 11.5. The molecule has 0 saturated heterocycles. The van der Waals surface area contributed by atoms with Crippen LogP contribution in [0.2, 0.25) is 0 Å². The monoisotopic (exact) mass is 587 g/mol. The summed E-state index contributed by atoms with van der Waals surface area (Å²) in [6.07, 6.45) is 0. The summed E-state index contributed by atoms with van der Waals surface area (Å²) in [5, 5.41) is 14.1. The molecular formula is C41H25N5. The molecule has 3 heterocycles. The van der Waals surface area contributed by atoms with Crippen LogP contribution in [0, 0.1) is 11.3 Å². The summed E-state index contributed by atoms with van der Waals surface area (Å²) in [4.78, 5) is 11.2. The molecule has 0 unspecified atom stereocenters. The third-order valence-electron chi connectivity index (χ3n) is 8.76. The van der Waals surface area contributed by atoms with Gasteiger partial charge in [0, 0.05) is 32.7 Å². The Morgan fingerprint density at radius 1 is 0.413 bits per heavy atom. The lowest BCUT2D eigenvalue weighted by molar-refractivity contribution is 0.975. The maximum Gasteiger partial charge on any atom is 0.182 e. The lowest BCUT2D eigenvalue weighted by atomic mass is 10.0. The molecule has 0 aliphatic carbocycles. The number of nitrogens with zero attached hydrogens (tertiary/aromatic N) is 5. The lowest BCUT2D eigenvalue weighted by Crippen LogP contribution is -2.11. The molecule has 5 heteroatoms. The number of nitriles is 1. The van der Waals surface area contributed by atoms with E-state index >= 15 is 0 Å².